The molecule has 1 rings (SSSR count). The molecule has 9 heteroatoms. The van der Waals surface area contributed by atoms with E-state index in [0.29, 0.717) is 0 Å². The molecule has 0 aromatic heterocycles. The van der Waals surface area contributed by atoms with E-state index >= 15 is 0 Å². The van der Waals surface area contributed by atoms with Gasteiger partial charge in [-0.15, -0.1) is 0 Å². The minimum Gasteiger partial charge on any atom is -0.367 e. The van der Waals surface area contributed by atoms with Crippen LogP contribution in [0.25, 0.3) is 0 Å². The first kappa shape index (κ1) is 13.6. The fourth-order valence-electron chi connectivity index (χ4n) is 0.927. The van der Waals surface area contributed by atoms with Crippen LogP contribution in [0.4, 0.5) is 0 Å². The largest absolute Gasteiger partial charge is 0.369 e. The molecule has 0 fully saturated rings. The van der Waals surface area contributed by atoms with Gasteiger partial charge in [0.25, 0.3) is 5.18 Å². The number of benzene rings is 1. The Labute approximate surface area is 96.6 Å². The molecule has 0 radical (unpaired) electrons. The highest BCUT2D eigenvalue weighted by atomic mass is 35.5. The van der Waals surface area contributed by atoms with Crippen molar-refractivity contribution in [2.45, 2.75) is 10.1 Å². The van der Waals surface area contributed by atoms with E-state index in [1.165, 1.54) is 12.1 Å². The molecule has 6 nitrogen and oxygen atoms in total. The van der Waals surface area contributed by atoms with Crippen molar-refractivity contribution >= 4 is 29.0 Å². The van der Waals surface area contributed by atoms with Crippen LogP contribution < -0.4 is 0 Å². The molecule has 1 aromatic rings. The zero-order valence-electron chi connectivity index (χ0n) is 7.69. The highest BCUT2D eigenvalue weighted by Gasteiger charge is 2.39. The molecule has 0 bridgehead atoms. The number of hydrogen-bond donors (Lipinski definition) is 3. The van der Waals surface area contributed by atoms with Gasteiger partial charge in [-0.25, -0.2) is 8.42 Å². The molecule has 1 atom stereocenters. The van der Waals surface area contributed by atoms with Crippen LogP contribution in [0.5, 0.6) is 0 Å². The van der Waals surface area contributed by atoms with Gasteiger partial charge in [-0.2, -0.15) is 0 Å². The third kappa shape index (κ3) is 2.82. The second kappa shape index (κ2) is 4.44. The lowest BCUT2D eigenvalue weighted by atomic mass is 10.4. The summed E-state index contributed by atoms with van der Waals surface area (Å²) in [7, 11) is -9.60. The van der Waals surface area contributed by atoms with Crippen molar-refractivity contribution < 1.29 is 27.9 Å². The van der Waals surface area contributed by atoms with Crippen molar-refractivity contribution in [2.75, 3.05) is 0 Å². The highest BCUT2D eigenvalue weighted by molar-refractivity contribution is 7.98. The lowest BCUT2D eigenvalue weighted by molar-refractivity contribution is 0.256. The average molecular weight is 287 g/mol. The number of rotatable bonds is 3. The molecule has 0 saturated carbocycles. The Balaban J connectivity index is 3.23. The SMILES string of the molecule is O=P(O)(O)C(O)S(=O)(=O)c1ccc(Cl)cc1. The maximum Gasteiger partial charge on any atom is 0.369 e. The Morgan fingerprint density at radius 1 is 1.19 bits per heavy atom. The van der Waals surface area contributed by atoms with Crippen molar-refractivity contribution in [1.29, 1.82) is 0 Å². The van der Waals surface area contributed by atoms with Crippen LogP contribution in [-0.2, 0) is 14.4 Å². The van der Waals surface area contributed by atoms with Gasteiger partial charge in [0.15, 0.2) is 0 Å². The zero-order chi connectivity index (χ0) is 12.6. The van der Waals surface area contributed by atoms with Gasteiger partial charge in [-0.1, -0.05) is 11.6 Å². The molecule has 3 N–H and O–H groups in total. The van der Waals surface area contributed by atoms with Gasteiger partial charge in [0.1, 0.15) is 0 Å². The molecule has 1 unspecified atom stereocenters. The summed E-state index contributed by atoms with van der Waals surface area (Å²) in [6, 6.07) is 4.58. The Hall–Kier alpha value is -0.430. The maximum absolute atomic E-state index is 11.5. The molecule has 1 aromatic carbocycles. The van der Waals surface area contributed by atoms with E-state index in [0.717, 1.165) is 12.1 Å². The van der Waals surface area contributed by atoms with E-state index in [4.69, 9.17) is 26.5 Å². The topological polar surface area (TPSA) is 112 Å². The molecular weight excluding hydrogens is 279 g/mol. The van der Waals surface area contributed by atoms with Gasteiger partial charge >= 0.3 is 7.60 Å². The number of aliphatic hydroxyl groups is 1. The molecule has 0 aliphatic carbocycles. The maximum atomic E-state index is 11.5. The lowest BCUT2D eigenvalue weighted by Gasteiger charge is -2.13. The van der Waals surface area contributed by atoms with Crippen LogP contribution in [-0.4, -0.2) is 28.5 Å². The summed E-state index contributed by atoms with van der Waals surface area (Å²) >= 11 is 5.52. The monoisotopic (exact) mass is 286 g/mol. The van der Waals surface area contributed by atoms with Gasteiger partial charge in [0.05, 0.1) is 4.90 Å². The molecule has 16 heavy (non-hydrogen) atoms. The normalized spacial score (nSPS) is 14.8. The second-order valence-electron chi connectivity index (χ2n) is 2.91. The summed E-state index contributed by atoms with van der Waals surface area (Å²) in [5, 5.41) is 6.56. The van der Waals surface area contributed by atoms with Crippen molar-refractivity contribution in [2.24, 2.45) is 0 Å². The minimum atomic E-state index is -5.12. The van der Waals surface area contributed by atoms with Gasteiger partial charge in [0.2, 0.25) is 9.84 Å². The number of halogens is 1. The second-order valence-corrected chi connectivity index (χ2v) is 7.38. The van der Waals surface area contributed by atoms with E-state index < -0.39 is 27.5 Å². The predicted octanol–water partition coefficient (Wildman–Crippen LogP) is 0.567. The smallest absolute Gasteiger partial charge is 0.367 e. The van der Waals surface area contributed by atoms with Gasteiger partial charge in [-0.05, 0) is 24.3 Å². The average Bonchev–Trinajstić information content (AvgIpc) is 2.16. The molecule has 90 valence electrons. The summed E-state index contributed by atoms with van der Waals surface area (Å²) in [6.45, 7) is 0. The molecule has 0 heterocycles. The third-order valence-electron chi connectivity index (χ3n) is 1.71. The van der Waals surface area contributed by atoms with Crippen molar-refractivity contribution in [3.8, 4) is 0 Å². The highest BCUT2D eigenvalue weighted by Crippen LogP contribution is 2.44. The lowest BCUT2D eigenvalue weighted by Crippen LogP contribution is -2.20. The quantitative estimate of drug-likeness (QED) is 0.700. The van der Waals surface area contributed by atoms with Crippen molar-refractivity contribution in [1.82, 2.24) is 0 Å². The van der Waals surface area contributed by atoms with Crippen LogP contribution in [0, 0.1) is 0 Å². The third-order valence-corrected chi connectivity index (χ3v) is 5.68. The Kier molecular flexibility index (Phi) is 3.79. The number of aliphatic hydroxyl groups excluding tert-OH is 1. The van der Waals surface area contributed by atoms with E-state index in [9.17, 15) is 13.0 Å². The van der Waals surface area contributed by atoms with Crippen molar-refractivity contribution in [3.05, 3.63) is 29.3 Å². The van der Waals surface area contributed by atoms with Gasteiger partial charge < -0.3 is 14.9 Å². The fraction of sp³-hybridized carbons (Fsp3) is 0.143. The first-order chi connectivity index (χ1) is 7.15. The molecule has 0 amide bonds. The van der Waals surface area contributed by atoms with Gasteiger partial charge in [0, 0.05) is 5.02 Å². The number of sulfone groups is 1. The summed E-state index contributed by atoms with van der Waals surface area (Å²) < 4.78 is 33.7. The predicted molar refractivity (Wildman–Crippen MR) is 56.7 cm³/mol. The summed E-state index contributed by atoms with van der Waals surface area (Å²) in [5.41, 5.74) is 0. The van der Waals surface area contributed by atoms with Crippen LogP contribution in [0.3, 0.4) is 0 Å². The Morgan fingerprint density at radius 2 is 1.62 bits per heavy atom. The summed E-state index contributed by atoms with van der Waals surface area (Å²) in [4.78, 5) is 16.8. The van der Waals surface area contributed by atoms with Crippen LogP contribution in [0.15, 0.2) is 29.2 Å². The summed E-state index contributed by atoms with van der Waals surface area (Å²) in [6.07, 6.45) is 0. The summed E-state index contributed by atoms with van der Waals surface area (Å²) in [5.74, 6) is 0. The van der Waals surface area contributed by atoms with Gasteiger partial charge in [-0.3, -0.25) is 4.57 Å². The molecule has 0 saturated heterocycles. The zero-order valence-corrected chi connectivity index (χ0v) is 10.2. The van der Waals surface area contributed by atoms with E-state index in [2.05, 4.69) is 0 Å². The minimum absolute atomic E-state index is 0.268. The molecule has 0 spiro atoms. The first-order valence-corrected chi connectivity index (χ1v) is 7.49. The van der Waals surface area contributed by atoms with E-state index in [-0.39, 0.29) is 5.02 Å². The van der Waals surface area contributed by atoms with E-state index in [1.54, 1.807) is 0 Å². The van der Waals surface area contributed by atoms with Crippen LogP contribution in [0.2, 0.25) is 5.02 Å². The van der Waals surface area contributed by atoms with Crippen LogP contribution >= 0.6 is 19.2 Å². The Morgan fingerprint density at radius 3 is 2.00 bits per heavy atom. The molecule has 0 aliphatic rings. The van der Waals surface area contributed by atoms with E-state index in [1.807, 2.05) is 0 Å². The Bertz CT molecular complexity index is 518. The number of hydrogen-bond acceptors (Lipinski definition) is 4. The molecular formula is C7H8ClO6PS. The van der Waals surface area contributed by atoms with Crippen molar-refractivity contribution in [3.63, 3.8) is 0 Å². The standard InChI is InChI=1S/C7H8ClO6PS/c8-5-1-3-6(4-2-5)16(13,14)7(9)15(10,11)12/h1-4,7,9H,(H2,10,11,12). The molecule has 0 aliphatic heterocycles. The fourth-order valence-corrected chi connectivity index (χ4v) is 3.62. The van der Waals surface area contributed by atoms with Crippen LogP contribution in [0.1, 0.15) is 0 Å². The first-order valence-electron chi connectivity index (χ1n) is 3.88.